The van der Waals surface area contributed by atoms with Crippen LogP contribution in [0, 0.1) is 9.39 Å². The molecule has 0 bridgehead atoms. The second kappa shape index (κ2) is 5.83. The summed E-state index contributed by atoms with van der Waals surface area (Å²) in [6.07, 6.45) is 0.710. The molecule has 0 saturated heterocycles. The molecule has 0 amide bonds. The minimum Gasteiger partial charge on any atom is -0.207 e. The second-order valence-corrected chi connectivity index (χ2v) is 5.63. The van der Waals surface area contributed by atoms with Crippen molar-refractivity contribution in [3.63, 3.8) is 0 Å². The van der Waals surface area contributed by atoms with Crippen molar-refractivity contribution in [3.05, 3.63) is 69.0 Å². The van der Waals surface area contributed by atoms with Gasteiger partial charge in [-0.3, -0.25) is 0 Å². The molecule has 88 valence electrons. The highest BCUT2D eigenvalue weighted by atomic mass is 127. The monoisotopic (exact) mass is 360 g/mol. The molecule has 3 heteroatoms. The zero-order chi connectivity index (χ0) is 12.3. The molecule has 0 aliphatic rings. The maximum Gasteiger partial charge on any atom is 0.123 e. The maximum atomic E-state index is 12.8. The van der Waals surface area contributed by atoms with Crippen molar-refractivity contribution in [2.75, 3.05) is 0 Å². The fraction of sp³-hybridized carbons (Fsp3) is 0.143. The van der Waals surface area contributed by atoms with Crippen LogP contribution in [0.4, 0.5) is 4.39 Å². The highest BCUT2D eigenvalue weighted by molar-refractivity contribution is 14.1. The molecule has 1 unspecified atom stereocenters. The van der Waals surface area contributed by atoms with Gasteiger partial charge in [0.15, 0.2) is 0 Å². The number of rotatable bonds is 3. The molecule has 0 saturated carbocycles. The fourth-order valence-corrected chi connectivity index (χ4v) is 2.53. The van der Waals surface area contributed by atoms with Gasteiger partial charge in [-0.1, -0.05) is 24.3 Å². The number of hydrogen-bond acceptors (Lipinski definition) is 0. The summed E-state index contributed by atoms with van der Waals surface area (Å²) in [5, 5.41) is -0.0739. The molecule has 0 heterocycles. The van der Waals surface area contributed by atoms with E-state index in [1.54, 1.807) is 12.1 Å². The lowest BCUT2D eigenvalue weighted by atomic mass is 10.0. The predicted molar refractivity (Wildman–Crippen MR) is 77.9 cm³/mol. The van der Waals surface area contributed by atoms with E-state index in [9.17, 15) is 4.39 Å². The number of hydrogen-bond donors (Lipinski definition) is 0. The van der Waals surface area contributed by atoms with Crippen molar-refractivity contribution in [2.45, 2.75) is 11.8 Å². The Labute approximate surface area is 119 Å². The van der Waals surface area contributed by atoms with Crippen LogP contribution in [0.15, 0.2) is 48.5 Å². The van der Waals surface area contributed by atoms with Crippen molar-refractivity contribution < 1.29 is 4.39 Å². The van der Waals surface area contributed by atoms with Crippen LogP contribution in [-0.4, -0.2) is 0 Å². The summed E-state index contributed by atoms with van der Waals surface area (Å²) < 4.78 is 13.9. The molecule has 2 rings (SSSR count). The molecule has 0 fully saturated rings. The van der Waals surface area contributed by atoms with Crippen molar-refractivity contribution >= 4 is 34.2 Å². The largest absolute Gasteiger partial charge is 0.207 e. The van der Waals surface area contributed by atoms with E-state index in [0.29, 0.717) is 6.42 Å². The number of benzene rings is 2. The molecule has 0 radical (unpaired) electrons. The molecule has 0 aliphatic heterocycles. The summed E-state index contributed by atoms with van der Waals surface area (Å²) in [7, 11) is 0. The topological polar surface area (TPSA) is 0 Å². The Bertz CT molecular complexity index is 496. The van der Waals surface area contributed by atoms with Crippen LogP contribution in [0.3, 0.4) is 0 Å². The fourth-order valence-electron chi connectivity index (χ4n) is 1.65. The highest BCUT2D eigenvalue weighted by Gasteiger charge is 2.09. The van der Waals surface area contributed by atoms with E-state index in [4.69, 9.17) is 11.6 Å². The second-order valence-electron chi connectivity index (χ2n) is 3.85. The number of halogens is 3. The third-order valence-electron chi connectivity index (χ3n) is 2.54. The van der Waals surface area contributed by atoms with Crippen LogP contribution >= 0.6 is 34.2 Å². The van der Waals surface area contributed by atoms with Gasteiger partial charge in [-0.2, -0.15) is 0 Å². The zero-order valence-electron chi connectivity index (χ0n) is 9.04. The first kappa shape index (κ1) is 12.8. The van der Waals surface area contributed by atoms with Gasteiger partial charge in [-0.05, 0) is 64.4 Å². The van der Waals surface area contributed by atoms with E-state index in [2.05, 4.69) is 28.7 Å². The molecule has 0 nitrogen and oxygen atoms in total. The van der Waals surface area contributed by atoms with E-state index in [-0.39, 0.29) is 11.2 Å². The van der Waals surface area contributed by atoms with Gasteiger partial charge in [0.1, 0.15) is 5.82 Å². The van der Waals surface area contributed by atoms with Crippen molar-refractivity contribution in [1.29, 1.82) is 0 Å². The average Bonchev–Trinajstić information content (AvgIpc) is 2.32. The maximum absolute atomic E-state index is 12.8. The van der Waals surface area contributed by atoms with Crippen molar-refractivity contribution in [1.82, 2.24) is 0 Å². The quantitative estimate of drug-likeness (QED) is 0.536. The lowest BCUT2D eigenvalue weighted by Gasteiger charge is -2.10. The molecule has 2 aromatic rings. The molecule has 0 aromatic heterocycles. The van der Waals surface area contributed by atoms with Crippen molar-refractivity contribution in [3.8, 4) is 0 Å². The molecule has 1 atom stereocenters. The summed E-state index contributed by atoms with van der Waals surface area (Å²) in [5.41, 5.74) is 2.15. The SMILES string of the molecule is Fc1ccc(CC(Cl)c2cccc(I)c2)cc1. The Morgan fingerprint density at radius 3 is 2.47 bits per heavy atom. The van der Waals surface area contributed by atoms with Crippen LogP contribution in [0.5, 0.6) is 0 Å². The minimum atomic E-state index is -0.214. The number of alkyl halides is 1. The molecule has 0 aliphatic carbocycles. The van der Waals surface area contributed by atoms with E-state index in [0.717, 1.165) is 11.1 Å². The first-order valence-electron chi connectivity index (χ1n) is 5.29. The van der Waals surface area contributed by atoms with Gasteiger partial charge in [0.2, 0.25) is 0 Å². The van der Waals surface area contributed by atoms with Gasteiger partial charge >= 0.3 is 0 Å². The summed E-state index contributed by atoms with van der Waals surface area (Å²) in [6.45, 7) is 0. The molecule has 0 spiro atoms. The van der Waals surface area contributed by atoms with Gasteiger partial charge in [0.05, 0.1) is 5.38 Å². The van der Waals surface area contributed by atoms with Crippen LogP contribution in [0.1, 0.15) is 16.5 Å². The van der Waals surface area contributed by atoms with Gasteiger partial charge in [-0.25, -0.2) is 4.39 Å². The Balaban J connectivity index is 2.11. The summed E-state index contributed by atoms with van der Waals surface area (Å²) in [5.74, 6) is -0.214. The zero-order valence-corrected chi connectivity index (χ0v) is 12.0. The Kier molecular flexibility index (Phi) is 4.40. The predicted octanol–water partition coefficient (Wildman–Crippen LogP) is 4.95. The smallest absolute Gasteiger partial charge is 0.123 e. The molecule has 17 heavy (non-hydrogen) atoms. The average molecular weight is 361 g/mol. The third-order valence-corrected chi connectivity index (χ3v) is 3.62. The Hall–Kier alpha value is -0.610. The van der Waals surface area contributed by atoms with Gasteiger partial charge in [0, 0.05) is 3.57 Å². The lowest BCUT2D eigenvalue weighted by Crippen LogP contribution is -1.96. The summed E-state index contributed by atoms with van der Waals surface area (Å²) >= 11 is 8.62. The van der Waals surface area contributed by atoms with E-state index in [1.165, 1.54) is 15.7 Å². The van der Waals surface area contributed by atoms with Crippen LogP contribution in [-0.2, 0) is 6.42 Å². The summed E-state index contributed by atoms with van der Waals surface area (Å²) in [4.78, 5) is 0. The molecular weight excluding hydrogens is 350 g/mol. The van der Waals surface area contributed by atoms with E-state index >= 15 is 0 Å². The van der Waals surface area contributed by atoms with E-state index < -0.39 is 0 Å². The first-order valence-corrected chi connectivity index (χ1v) is 6.80. The van der Waals surface area contributed by atoms with Crippen molar-refractivity contribution in [2.24, 2.45) is 0 Å². The molecular formula is C14H11ClFI. The van der Waals surface area contributed by atoms with Gasteiger partial charge < -0.3 is 0 Å². The van der Waals surface area contributed by atoms with E-state index in [1.807, 2.05) is 18.2 Å². The van der Waals surface area contributed by atoms with Crippen LogP contribution in [0.2, 0.25) is 0 Å². The molecule has 0 N–H and O–H groups in total. The Morgan fingerprint density at radius 1 is 1.12 bits per heavy atom. The third kappa shape index (κ3) is 3.68. The highest BCUT2D eigenvalue weighted by Crippen LogP contribution is 2.26. The van der Waals surface area contributed by atoms with Crippen LogP contribution < -0.4 is 0 Å². The van der Waals surface area contributed by atoms with Crippen LogP contribution in [0.25, 0.3) is 0 Å². The summed E-state index contributed by atoms with van der Waals surface area (Å²) in [6, 6.07) is 14.6. The van der Waals surface area contributed by atoms with Gasteiger partial charge in [0.25, 0.3) is 0 Å². The van der Waals surface area contributed by atoms with Gasteiger partial charge in [-0.15, -0.1) is 11.6 Å². The molecule has 2 aromatic carbocycles. The first-order chi connectivity index (χ1) is 8.15. The lowest BCUT2D eigenvalue weighted by molar-refractivity contribution is 0.627. The standard InChI is InChI=1S/C14H11ClFI/c15-14(11-2-1-3-13(17)9-11)8-10-4-6-12(16)7-5-10/h1-7,9,14H,8H2. The normalized spacial score (nSPS) is 12.4. The minimum absolute atomic E-state index is 0.0739. The Morgan fingerprint density at radius 2 is 1.82 bits per heavy atom.